The zero-order valence-corrected chi connectivity index (χ0v) is 5.65. The highest BCUT2D eigenvalue weighted by Crippen LogP contribution is 1.59. The molecule has 9 heavy (non-hydrogen) atoms. The molecular formula is CH5ClN2O4S. The van der Waals surface area contributed by atoms with Crippen molar-refractivity contribution >= 4 is 27.3 Å². The number of amidine groups is 1. The summed E-state index contributed by atoms with van der Waals surface area (Å²) >= 11 is 4.64. The predicted octanol–water partition coefficient (Wildman–Crippen LogP) is -0.534. The van der Waals surface area contributed by atoms with Crippen molar-refractivity contribution in [2.24, 2.45) is 5.73 Å². The summed E-state index contributed by atoms with van der Waals surface area (Å²) in [4.78, 5) is 0. The van der Waals surface area contributed by atoms with Crippen LogP contribution < -0.4 is 5.73 Å². The quantitative estimate of drug-likeness (QED) is 0.171. The van der Waals surface area contributed by atoms with E-state index in [0.29, 0.717) is 0 Å². The molecule has 0 aliphatic heterocycles. The Kier molecular flexibility index (Phi) is 5.72. The molecule has 0 aromatic heterocycles. The summed E-state index contributed by atoms with van der Waals surface area (Å²) in [6, 6.07) is 0. The van der Waals surface area contributed by atoms with Crippen LogP contribution in [0.1, 0.15) is 0 Å². The number of rotatable bonds is 0. The van der Waals surface area contributed by atoms with E-state index in [1.165, 1.54) is 0 Å². The van der Waals surface area contributed by atoms with Crippen molar-refractivity contribution in [3.8, 4) is 0 Å². The van der Waals surface area contributed by atoms with E-state index in [-0.39, 0.29) is 5.29 Å². The molecule has 0 heterocycles. The molecule has 0 aromatic rings. The van der Waals surface area contributed by atoms with Crippen LogP contribution in [0.4, 0.5) is 0 Å². The van der Waals surface area contributed by atoms with E-state index in [1.54, 1.807) is 0 Å². The van der Waals surface area contributed by atoms with Crippen molar-refractivity contribution < 1.29 is 17.5 Å². The van der Waals surface area contributed by atoms with Gasteiger partial charge in [0.2, 0.25) is 0 Å². The van der Waals surface area contributed by atoms with Crippen molar-refractivity contribution in [1.82, 2.24) is 0 Å². The molecule has 0 fully saturated rings. The number of nitrogens with two attached hydrogens (primary N) is 1. The van der Waals surface area contributed by atoms with Gasteiger partial charge in [0, 0.05) is 0 Å². The first-order valence-electron chi connectivity index (χ1n) is 1.43. The summed E-state index contributed by atoms with van der Waals surface area (Å²) in [6.07, 6.45) is 0. The first kappa shape index (κ1) is 11.4. The molecule has 0 aliphatic rings. The maximum absolute atomic E-state index is 8.74. The SMILES string of the molecule is N=C(N)Cl.O=S(=O)(O)O. The summed E-state index contributed by atoms with van der Waals surface area (Å²) in [6.45, 7) is 0. The fourth-order valence-corrected chi connectivity index (χ4v) is 0. The van der Waals surface area contributed by atoms with Crippen LogP contribution in [-0.4, -0.2) is 22.8 Å². The molecule has 0 aliphatic carbocycles. The molecule has 8 heteroatoms. The molecule has 0 bridgehead atoms. The van der Waals surface area contributed by atoms with Gasteiger partial charge in [0.25, 0.3) is 0 Å². The van der Waals surface area contributed by atoms with E-state index in [0.717, 1.165) is 0 Å². The van der Waals surface area contributed by atoms with Gasteiger partial charge in [-0.05, 0) is 11.6 Å². The maximum Gasteiger partial charge on any atom is 0.394 e. The smallest absolute Gasteiger partial charge is 0.374 e. The Balaban J connectivity index is 0. The number of hydrogen-bond acceptors (Lipinski definition) is 3. The Morgan fingerprint density at radius 1 is 1.56 bits per heavy atom. The van der Waals surface area contributed by atoms with Gasteiger partial charge in [0.15, 0.2) is 5.29 Å². The molecule has 0 amide bonds. The topological polar surface area (TPSA) is 124 Å². The van der Waals surface area contributed by atoms with E-state index in [9.17, 15) is 0 Å². The van der Waals surface area contributed by atoms with E-state index in [1.807, 2.05) is 0 Å². The first-order chi connectivity index (χ1) is 3.73. The van der Waals surface area contributed by atoms with Crippen LogP contribution in [0.5, 0.6) is 0 Å². The Morgan fingerprint density at radius 2 is 1.56 bits per heavy atom. The van der Waals surface area contributed by atoms with Crippen molar-refractivity contribution in [2.45, 2.75) is 0 Å². The monoisotopic (exact) mass is 176 g/mol. The molecule has 0 radical (unpaired) electrons. The molecule has 0 saturated carbocycles. The Bertz CT molecular complexity index is 161. The third-order valence-electron chi connectivity index (χ3n) is 0. The van der Waals surface area contributed by atoms with Crippen molar-refractivity contribution in [3.63, 3.8) is 0 Å². The van der Waals surface area contributed by atoms with Gasteiger partial charge in [-0.2, -0.15) is 8.42 Å². The average molecular weight is 177 g/mol. The van der Waals surface area contributed by atoms with E-state index < -0.39 is 10.4 Å². The van der Waals surface area contributed by atoms with Gasteiger partial charge in [-0.25, -0.2) is 0 Å². The van der Waals surface area contributed by atoms with Gasteiger partial charge in [0.1, 0.15) is 0 Å². The minimum atomic E-state index is -4.67. The Labute approximate surface area is 56.7 Å². The van der Waals surface area contributed by atoms with Gasteiger partial charge in [-0.15, -0.1) is 0 Å². The van der Waals surface area contributed by atoms with Crippen LogP contribution in [-0.2, 0) is 10.4 Å². The Hall–Kier alpha value is -0.370. The lowest BCUT2D eigenvalue weighted by Crippen LogP contribution is -1.96. The minimum absolute atomic E-state index is 0.361. The molecule has 5 N–H and O–H groups in total. The third-order valence-corrected chi connectivity index (χ3v) is 0. The lowest BCUT2D eigenvalue weighted by molar-refractivity contribution is 0.381. The number of halogens is 1. The molecule has 0 spiro atoms. The first-order valence-corrected chi connectivity index (χ1v) is 3.20. The van der Waals surface area contributed by atoms with Gasteiger partial charge >= 0.3 is 10.4 Å². The normalized spacial score (nSPS) is 9.22. The van der Waals surface area contributed by atoms with Crippen LogP contribution >= 0.6 is 11.6 Å². The molecular weight excluding hydrogens is 172 g/mol. The summed E-state index contributed by atoms with van der Waals surface area (Å²) in [7, 11) is -4.67. The van der Waals surface area contributed by atoms with Crippen LogP contribution in [0, 0.1) is 5.41 Å². The van der Waals surface area contributed by atoms with Crippen molar-refractivity contribution in [2.75, 3.05) is 0 Å². The second-order valence-corrected chi connectivity index (χ2v) is 2.10. The van der Waals surface area contributed by atoms with E-state index in [4.69, 9.17) is 22.9 Å². The minimum Gasteiger partial charge on any atom is -0.374 e. The molecule has 56 valence electrons. The van der Waals surface area contributed by atoms with E-state index >= 15 is 0 Å². The lowest BCUT2D eigenvalue weighted by Gasteiger charge is -1.68. The molecule has 0 unspecified atom stereocenters. The summed E-state index contributed by atoms with van der Waals surface area (Å²) < 4.78 is 31.6. The van der Waals surface area contributed by atoms with E-state index in [2.05, 4.69) is 17.3 Å². The van der Waals surface area contributed by atoms with Crippen LogP contribution in [0.2, 0.25) is 0 Å². The summed E-state index contributed by atoms with van der Waals surface area (Å²) in [5, 5.41) is 5.68. The second kappa shape index (κ2) is 4.50. The standard InChI is InChI=1S/CH3ClN2.H2O4S/c2-1(3)4;1-5(2,3)4/h(H3,3,4);(H2,1,2,3,4). The van der Waals surface area contributed by atoms with Crippen LogP contribution in [0.25, 0.3) is 0 Å². The van der Waals surface area contributed by atoms with Crippen molar-refractivity contribution in [1.29, 1.82) is 5.41 Å². The number of hydrogen-bond donors (Lipinski definition) is 4. The molecule has 6 nitrogen and oxygen atoms in total. The van der Waals surface area contributed by atoms with Crippen LogP contribution in [0.3, 0.4) is 0 Å². The third kappa shape index (κ3) is 1770. The summed E-state index contributed by atoms with van der Waals surface area (Å²) in [5.41, 5.74) is 4.46. The van der Waals surface area contributed by atoms with Gasteiger partial charge in [-0.3, -0.25) is 14.5 Å². The highest BCUT2D eigenvalue weighted by molar-refractivity contribution is 7.79. The zero-order chi connectivity index (χ0) is 8.08. The Morgan fingerprint density at radius 3 is 1.56 bits per heavy atom. The lowest BCUT2D eigenvalue weighted by atomic mass is 11.4. The van der Waals surface area contributed by atoms with Crippen molar-refractivity contribution in [3.05, 3.63) is 0 Å². The summed E-state index contributed by atoms with van der Waals surface area (Å²) in [5.74, 6) is 0. The predicted molar refractivity (Wildman–Crippen MR) is 31.9 cm³/mol. The van der Waals surface area contributed by atoms with Crippen LogP contribution in [0.15, 0.2) is 0 Å². The average Bonchev–Trinajstić information content (AvgIpc) is 1.19. The van der Waals surface area contributed by atoms with Gasteiger partial charge < -0.3 is 5.73 Å². The second-order valence-electron chi connectivity index (χ2n) is 0.796. The molecule has 0 aromatic carbocycles. The van der Waals surface area contributed by atoms with Gasteiger partial charge in [-0.1, -0.05) is 0 Å². The highest BCUT2D eigenvalue weighted by atomic mass is 35.5. The molecule has 0 saturated heterocycles. The largest absolute Gasteiger partial charge is 0.394 e. The zero-order valence-electron chi connectivity index (χ0n) is 4.07. The molecule has 0 rings (SSSR count). The number of nitrogens with one attached hydrogen (secondary N) is 1. The fraction of sp³-hybridized carbons (Fsp3) is 0. The van der Waals surface area contributed by atoms with Gasteiger partial charge in [0.05, 0.1) is 0 Å². The molecule has 0 atom stereocenters. The maximum atomic E-state index is 8.74. The highest BCUT2D eigenvalue weighted by Gasteiger charge is 1.84. The fourth-order valence-electron chi connectivity index (χ4n) is 0.